The summed E-state index contributed by atoms with van der Waals surface area (Å²) in [4.78, 5) is 9.93. The second-order valence-corrected chi connectivity index (χ2v) is 6.54. The first-order valence-corrected chi connectivity index (χ1v) is 7.95. The van der Waals surface area contributed by atoms with E-state index in [1.165, 1.54) is 19.2 Å². The maximum absolute atomic E-state index is 12.3. The number of nitrogens with one attached hydrogen (secondary N) is 2. The Morgan fingerprint density at radius 2 is 2.29 bits per heavy atom. The molecule has 0 saturated carbocycles. The van der Waals surface area contributed by atoms with E-state index < -0.39 is 14.9 Å². The molecule has 1 aliphatic rings. The average molecular weight is 315 g/mol. The fraction of sp³-hybridized carbons (Fsp3) is 0.500. The standard InChI is InChI=1S/C12H17N3O5S/c1-20-11-3-2-10(15(16)17)6-12(11)21(18,19)14-8-9-4-5-13-7-9/h2-3,6,9,13-14H,4-5,7-8H2,1H3. The molecule has 1 aromatic rings. The molecule has 0 amide bonds. The molecule has 1 fully saturated rings. The fourth-order valence-corrected chi connectivity index (χ4v) is 3.49. The zero-order chi connectivity index (χ0) is 15.5. The molecule has 1 aliphatic heterocycles. The maximum Gasteiger partial charge on any atom is 0.271 e. The highest BCUT2D eigenvalue weighted by Gasteiger charge is 2.24. The Morgan fingerprint density at radius 3 is 2.86 bits per heavy atom. The van der Waals surface area contributed by atoms with Gasteiger partial charge in [0, 0.05) is 18.7 Å². The molecular weight excluding hydrogens is 298 g/mol. The summed E-state index contributed by atoms with van der Waals surface area (Å²) >= 11 is 0. The van der Waals surface area contributed by atoms with Gasteiger partial charge in [0.2, 0.25) is 10.0 Å². The predicted molar refractivity (Wildman–Crippen MR) is 75.8 cm³/mol. The quantitative estimate of drug-likeness (QED) is 0.584. The molecule has 0 aromatic heterocycles. The van der Waals surface area contributed by atoms with Crippen molar-refractivity contribution in [3.8, 4) is 5.75 Å². The van der Waals surface area contributed by atoms with Crippen molar-refractivity contribution in [2.75, 3.05) is 26.7 Å². The van der Waals surface area contributed by atoms with Crippen molar-refractivity contribution in [3.63, 3.8) is 0 Å². The molecule has 21 heavy (non-hydrogen) atoms. The van der Waals surface area contributed by atoms with Crippen LogP contribution in [0.4, 0.5) is 5.69 Å². The first kappa shape index (κ1) is 15.7. The molecule has 0 spiro atoms. The third-order valence-electron chi connectivity index (χ3n) is 3.37. The van der Waals surface area contributed by atoms with E-state index >= 15 is 0 Å². The van der Waals surface area contributed by atoms with Gasteiger partial charge in [0.25, 0.3) is 5.69 Å². The summed E-state index contributed by atoms with van der Waals surface area (Å²) < 4.78 is 32.1. The average Bonchev–Trinajstić information content (AvgIpc) is 2.98. The highest BCUT2D eigenvalue weighted by Crippen LogP contribution is 2.28. The second-order valence-electron chi connectivity index (χ2n) is 4.80. The molecule has 116 valence electrons. The van der Waals surface area contributed by atoms with Crippen molar-refractivity contribution < 1.29 is 18.1 Å². The van der Waals surface area contributed by atoms with Crippen molar-refractivity contribution >= 4 is 15.7 Å². The van der Waals surface area contributed by atoms with Crippen molar-refractivity contribution in [1.82, 2.24) is 10.0 Å². The number of sulfonamides is 1. The third kappa shape index (κ3) is 3.69. The van der Waals surface area contributed by atoms with Crippen LogP contribution in [0.15, 0.2) is 23.1 Å². The fourth-order valence-electron chi connectivity index (χ4n) is 2.18. The van der Waals surface area contributed by atoms with Gasteiger partial charge >= 0.3 is 0 Å². The van der Waals surface area contributed by atoms with Gasteiger partial charge in [0.15, 0.2) is 0 Å². The van der Waals surface area contributed by atoms with Crippen LogP contribution in [-0.4, -0.2) is 40.1 Å². The lowest BCUT2D eigenvalue weighted by Crippen LogP contribution is -2.30. The van der Waals surface area contributed by atoms with Crippen molar-refractivity contribution in [2.45, 2.75) is 11.3 Å². The zero-order valence-corrected chi connectivity index (χ0v) is 12.4. The van der Waals surface area contributed by atoms with Crippen LogP contribution in [0, 0.1) is 16.0 Å². The zero-order valence-electron chi connectivity index (χ0n) is 11.5. The highest BCUT2D eigenvalue weighted by molar-refractivity contribution is 7.89. The highest BCUT2D eigenvalue weighted by atomic mass is 32.2. The van der Waals surface area contributed by atoms with Gasteiger partial charge in [-0.1, -0.05) is 0 Å². The number of ether oxygens (including phenoxy) is 1. The number of nitro groups is 1. The lowest BCUT2D eigenvalue weighted by molar-refractivity contribution is -0.385. The Balaban J connectivity index is 2.24. The van der Waals surface area contributed by atoms with Crippen LogP contribution in [0.25, 0.3) is 0 Å². The minimum Gasteiger partial charge on any atom is -0.495 e. The van der Waals surface area contributed by atoms with Gasteiger partial charge in [0.05, 0.1) is 12.0 Å². The van der Waals surface area contributed by atoms with E-state index in [9.17, 15) is 18.5 Å². The van der Waals surface area contributed by atoms with Gasteiger partial charge in [-0.2, -0.15) is 0 Å². The molecule has 2 rings (SSSR count). The Kier molecular flexibility index (Phi) is 4.76. The van der Waals surface area contributed by atoms with Crippen molar-refractivity contribution in [2.24, 2.45) is 5.92 Å². The van der Waals surface area contributed by atoms with Gasteiger partial charge in [-0.15, -0.1) is 0 Å². The number of nitrogens with zero attached hydrogens (tertiary/aromatic N) is 1. The van der Waals surface area contributed by atoms with Gasteiger partial charge in [-0.25, -0.2) is 13.1 Å². The molecule has 0 bridgehead atoms. The number of methoxy groups -OCH3 is 1. The van der Waals surface area contributed by atoms with E-state index in [-0.39, 0.29) is 22.3 Å². The molecule has 0 aliphatic carbocycles. The van der Waals surface area contributed by atoms with Crippen molar-refractivity contribution in [1.29, 1.82) is 0 Å². The largest absolute Gasteiger partial charge is 0.495 e. The Hall–Kier alpha value is -1.71. The minimum atomic E-state index is -3.85. The number of nitro benzene ring substituents is 1. The summed E-state index contributed by atoms with van der Waals surface area (Å²) in [5.74, 6) is 0.308. The Bertz CT molecular complexity index is 626. The summed E-state index contributed by atoms with van der Waals surface area (Å²) in [7, 11) is -2.53. The van der Waals surface area contributed by atoms with Crippen LogP contribution >= 0.6 is 0 Å². The number of benzene rings is 1. The predicted octanol–water partition coefficient (Wildman–Crippen LogP) is 0.491. The molecular formula is C12H17N3O5S. The van der Waals surface area contributed by atoms with Crippen LogP contribution in [0.5, 0.6) is 5.75 Å². The SMILES string of the molecule is COc1ccc([N+](=O)[O-])cc1S(=O)(=O)NCC1CCNC1. The first-order valence-electron chi connectivity index (χ1n) is 6.47. The van der Waals surface area contributed by atoms with E-state index in [2.05, 4.69) is 10.0 Å². The molecule has 1 unspecified atom stereocenters. The van der Waals surface area contributed by atoms with Gasteiger partial charge in [-0.05, 0) is 31.5 Å². The van der Waals surface area contributed by atoms with Gasteiger partial charge in [-0.3, -0.25) is 10.1 Å². The second kappa shape index (κ2) is 6.37. The normalized spacial score (nSPS) is 18.6. The summed E-state index contributed by atoms with van der Waals surface area (Å²) in [5, 5.41) is 13.9. The van der Waals surface area contributed by atoms with Crippen LogP contribution in [0.3, 0.4) is 0 Å². The summed E-state index contributed by atoms with van der Waals surface area (Å²) in [6.45, 7) is 1.92. The summed E-state index contributed by atoms with van der Waals surface area (Å²) in [6, 6.07) is 3.50. The van der Waals surface area contributed by atoms with Gasteiger partial charge in [0.1, 0.15) is 10.6 Å². The van der Waals surface area contributed by atoms with Crippen molar-refractivity contribution in [3.05, 3.63) is 28.3 Å². The summed E-state index contributed by atoms with van der Waals surface area (Å²) in [6.07, 6.45) is 0.897. The molecule has 0 radical (unpaired) electrons. The molecule has 2 N–H and O–H groups in total. The first-order chi connectivity index (χ1) is 9.94. The van der Waals surface area contributed by atoms with E-state index in [0.29, 0.717) is 6.54 Å². The number of hydrogen-bond donors (Lipinski definition) is 2. The molecule has 1 aromatic carbocycles. The van der Waals surface area contributed by atoms with E-state index in [4.69, 9.17) is 4.74 Å². The third-order valence-corrected chi connectivity index (χ3v) is 4.82. The Morgan fingerprint density at radius 1 is 1.52 bits per heavy atom. The topological polar surface area (TPSA) is 111 Å². The number of hydrogen-bond acceptors (Lipinski definition) is 6. The van der Waals surface area contributed by atoms with Crippen LogP contribution in [0.2, 0.25) is 0 Å². The number of non-ortho nitro benzene ring substituents is 1. The lowest BCUT2D eigenvalue weighted by Gasteiger charge is -2.13. The maximum atomic E-state index is 12.3. The monoisotopic (exact) mass is 315 g/mol. The minimum absolute atomic E-state index is 0.0812. The Labute approximate surface area is 122 Å². The van der Waals surface area contributed by atoms with Crippen LogP contribution in [0.1, 0.15) is 6.42 Å². The van der Waals surface area contributed by atoms with E-state index in [1.54, 1.807) is 0 Å². The molecule has 1 atom stereocenters. The lowest BCUT2D eigenvalue weighted by atomic mass is 10.1. The summed E-state index contributed by atoms with van der Waals surface area (Å²) in [5.41, 5.74) is -0.293. The smallest absolute Gasteiger partial charge is 0.271 e. The van der Waals surface area contributed by atoms with E-state index in [0.717, 1.165) is 25.6 Å². The number of rotatable bonds is 6. The van der Waals surface area contributed by atoms with Crippen LogP contribution in [-0.2, 0) is 10.0 Å². The van der Waals surface area contributed by atoms with Gasteiger partial charge < -0.3 is 10.1 Å². The molecule has 1 saturated heterocycles. The molecule has 8 nitrogen and oxygen atoms in total. The molecule has 9 heteroatoms. The molecule has 1 heterocycles. The van der Waals surface area contributed by atoms with E-state index in [1.807, 2.05) is 0 Å². The van der Waals surface area contributed by atoms with Crippen LogP contribution < -0.4 is 14.8 Å².